The fraction of sp³-hybridized carbons (Fsp3) is 0.286. The number of aliphatic hydroxyl groups is 1. The highest BCUT2D eigenvalue weighted by Crippen LogP contribution is 2.25. The second kappa shape index (κ2) is 6.05. The van der Waals surface area contributed by atoms with E-state index in [0.717, 1.165) is 16.7 Å². The number of aliphatic hydroxyl groups excluding tert-OH is 1. The number of rotatable bonds is 3. The molecule has 1 fully saturated rings. The summed E-state index contributed by atoms with van der Waals surface area (Å²) in [6.07, 6.45) is 0.809. The van der Waals surface area contributed by atoms with Gasteiger partial charge in [-0.15, -0.1) is 0 Å². The van der Waals surface area contributed by atoms with Crippen LogP contribution in [0.25, 0.3) is 4.98 Å². The number of β-lactam (4-membered cyclic amide) rings is 1. The Morgan fingerprint density at radius 3 is 2.76 bits per heavy atom. The minimum absolute atomic E-state index is 0.00495. The number of diazo groups is 1. The maximum absolute atomic E-state index is 12.1. The summed E-state index contributed by atoms with van der Waals surface area (Å²) in [5, 5.41) is 20.7. The van der Waals surface area contributed by atoms with Crippen LogP contribution in [0, 0.1) is 5.39 Å². The smallest absolute Gasteiger partial charge is 0.389 e. The highest BCUT2D eigenvalue weighted by Gasteiger charge is 2.45. The second-order valence-electron chi connectivity index (χ2n) is 4.73. The van der Waals surface area contributed by atoms with E-state index in [0.29, 0.717) is 0 Å². The Labute approximate surface area is 121 Å². The Morgan fingerprint density at radius 1 is 1.52 bits per heavy atom. The van der Waals surface area contributed by atoms with Crippen LogP contribution in [0.1, 0.15) is 24.9 Å². The van der Waals surface area contributed by atoms with Gasteiger partial charge in [-0.3, -0.25) is 9.69 Å². The summed E-state index contributed by atoms with van der Waals surface area (Å²) in [5.41, 5.74) is 0.903. The third kappa shape index (κ3) is 3.00. The summed E-state index contributed by atoms with van der Waals surface area (Å²) in [6.45, 7) is 1.80. The van der Waals surface area contributed by atoms with Crippen LogP contribution in [0.2, 0.25) is 0 Å². The lowest BCUT2D eigenvalue weighted by Gasteiger charge is -2.37. The molecule has 1 heterocycles. The molecule has 0 unspecified atom stereocenters. The fourth-order valence-corrected chi connectivity index (χ4v) is 2.13. The summed E-state index contributed by atoms with van der Waals surface area (Å²) in [5.74, 6) is -0.727. The molecule has 2 N–H and O–H groups in total. The van der Waals surface area contributed by atoms with Gasteiger partial charge < -0.3 is 10.4 Å². The second-order valence-corrected chi connectivity index (χ2v) is 4.73. The van der Waals surface area contributed by atoms with E-state index in [1.165, 1.54) is 0 Å². The van der Waals surface area contributed by atoms with Crippen LogP contribution in [-0.4, -0.2) is 28.0 Å². The monoisotopic (exact) mass is 287 g/mol. The number of imide groups is 1. The zero-order valence-electron chi connectivity index (χ0n) is 11.4. The predicted octanol–water partition coefficient (Wildman–Crippen LogP) is 2.31. The van der Waals surface area contributed by atoms with Crippen LogP contribution in [0.3, 0.4) is 0 Å². The molecule has 0 aromatic heterocycles. The first-order valence-electron chi connectivity index (χ1n) is 6.45. The summed E-state index contributed by atoms with van der Waals surface area (Å²) in [6, 6.07) is 7.65. The number of nitrogens with zero attached hydrogens (tertiary/aromatic N) is 3. The van der Waals surface area contributed by atoms with E-state index in [9.17, 15) is 14.7 Å². The van der Waals surface area contributed by atoms with Crippen molar-refractivity contribution in [3.05, 3.63) is 52.8 Å². The Hall–Kier alpha value is -2.88. The van der Waals surface area contributed by atoms with Crippen LogP contribution in [0.4, 0.5) is 4.79 Å². The van der Waals surface area contributed by atoms with Crippen molar-refractivity contribution >= 4 is 11.9 Å². The van der Waals surface area contributed by atoms with Gasteiger partial charge in [0.05, 0.1) is 12.5 Å². The molecule has 7 heteroatoms. The Kier molecular flexibility index (Phi) is 4.18. The first-order valence-corrected chi connectivity index (χ1v) is 6.45. The zero-order valence-corrected chi connectivity index (χ0v) is 11.4. The molecule has 1 aromatic carbocycles. The van der Waals surface area contributed by atoms with Gasteiger partial charge >= 0.3 is 12.2 Å². The first kappa shape index (κ1) is 14.5. The number of hydrogen-bond acceptors (Lipinski definition) is 4. The minimum atomic E-state index is -0.781. The average molecular weight is 287 g/mol. The number of hydrogen-bond donors (Lipinski definition) is 2. The SMILES string of the molecule is C[C@@H](NC(=O)N1C(=O)C[C@H]1/C(O)=C/[N+]#N)c1ccccc1. The van der Waals surface area contributed by atoms with E-state index in [-0.39, 0.29) is 18.2 Å². The van der Waals surface area contributed by atoms with Gasteiger partial charge in [-0.1, -0.05) is 30.3 Å². The molecule has 0 bridgehead atoms. The van der Waals surface area contributed by atoms with E-state index in [1.807, 2.05) is 30.3 Å². The molecular formula is C14H15N4O3+. The third-order valence-electron chi connectivity index (χ3n) is 3.34. The van der Waals surface area contributed by atoms with E-state index in [1.54, 1.807) is 6.92 Å². The molecule has 0 radical (unpaired) electrons. The molecule has 21 heavy (non-hydrogen) atoms. The lowest BCUT2D eigenvalue weighted by atomic mass is 10.0. The molecule has 1 aromatic rings. The number of carbonyl (C=O) groups is 2. The van der Waals surface area contributed by atoms with Gasteiger partial charge in [-0.25, -0.2) is 4.79 Å². The maximum atomic E-state index is 12.1. The van der Waals surface area contributed by atoms with Gasteiger partial charge in [0.2, 0.25) is 17.1 Å². The average Bonchev–Trinajstić information content (AvgIpc) is 2.45. The molecule has 1 aliphatic heterocycles. The van der Waals surface area contributed by atoms with E-state index >= 15 is 0 Å². The van der Waals surface area contributed by atoms with Gasteiger partial charge in [0.25, 0.3) is 0 Å². The van der Waals surface area contributed by atoms with E-state index in [4.69, 9.17) is 5.39 Å². The summed E-state index contributed by atoms with van der Waals surface area (Å²) in [4.78, 5) is 27.2. The lowest BCUT2D eigenvalue weighted by molar-refractivity contribution is -0.140. The Morgan fingerprint density at radius 2 is 2.19 bits per heavy atom. The molecule has 7 nitrogen and oxygen atoms in total. The molecule has 0 aliphatic carbocycles. The number of carbonyl (C=O) groups excluding carboxylic acids is 2. The van der Waals surface area contributed by atoms with Crippen molar-refractivity contribution < 1.29 is 14.7 Å². The van der Waals surface area contributed by atoms with Gasteiger partial charge in [0, 0.05) is 0 Å². The topological polar surface area (TPSA) is 97.8 Å². The van der Waals surface area contributed by atoms with E-state index < -0.39 is 18.0 Å². The first-order chi connectivity index (χ1) is 10.0. The van der Waals surface area contributed by atoms with Crippen molar-refractivity contribution in [2.45, 2.75) is 25.4 Å². The van der Waals surface area contributed by atoms with Gasteiger partial charge in [-0.2, -0.15) is 0 Å². The van der Waals surface area contributed by atoms with Crippen molar-refractivity contribution in [3.8, 4) is 0 Å². The minimum Gasteiger partial charge on any atom is -0.504 e. The van der Waals surface area contributed by atoms with Crippen LogP contribution in [0.15, 0.2) is 42.3 Å². The van der Waals surface area contributed by atoms with Crippen molar-refractivity contribution in [2.24, 2.45) is 0 Å². The third-order valence-corrected chi connectivity index (χ3v) is 3.34. The summed E-state index contributed by atoms with van der Waals surface area (Å²) < 4.78 is 0. The number of likely N-dealkylation sites (tertiary alicyclic amines) is 1. The summed E-state index contributed by atoms with van der Waals surface area (Å²) in [7, 11) is 0. The van der Waals surface area contributed by atoms with Crippen molar-refractivity contribution in [1.82, 2.24) is 10.2 Å². The molecule has 2 atom stereocenters. The van der Waals surface area contributed by atoms with Crippen molar-refractivity contribution in [2.75, 3.05) is 0 Å². The van der Waals surface area contributed by atoms with Crippen LogP contribution < -0.4 is 5.32 Å². The lowest BCUT2D eigenvalue weighted by Crippen LogP contribution is -2.59. The molecule has 0 spiro atoms. The van der Waals surface area contributed by atoms with Crippen molar-refractivity contribution in [1.29, 1.82) is 5.39 Å². The highest BCUT2D eigenvalue weighted by molar-refractivity contribution is 6.00. The molecule has 108 valence electrons. The largest absolute Gasteiger partial charge is 0.504 e. The standard InChI is InChI=1S/C14H14N4O3/c1-9(10-5-3-2-4-6-10)17-14(21)18-11(7-13(18)20)12(19)8-16-15/h2-6,8-9,11H,7H2,1H3,(H-,17,19,21)/p+1/b12-8-/t9-,11+/m1/s1. The molecule has 2 rings (SSSR count). The van der Waals surface area contributed by atoms with Crippen LogP contribution >= 0.6 is 0 Å². The highest BCUT2D eigenvalue weighted by atomic mass is 16.3. The van der Waals surface area contributed by atoms with Crippen LogP contribution in [-0.2, 0) is 4.79 Å². The number of benzene rings is 1. The molecule has 1 saturated heterocycles. The molecule has 1 aliphatic rings. The predicted molar refractivity (Wildman–Crippen MR) is 74.4 cm³/mol. The summed E-state index contributed by atoms with van der Waals surface area (Å²) >= 11 is 0. The number of urea groups is 1. The maximum Gasteiger partial charge on any atom is 0.389 e. The number of nitrogens with one attached hydrogen (secondary N) is 1. The quantitative estimate of drug-likeness (QED) is 0.506. The molecule has 3 amide bonds. The van der Waals surface area contributed by atoms with Gasteiger partial charge in [-0.05, 0) is 12.5 Å². The molecule has 0 saturated carbocycles. The fourth-order valence-electron chi connectivity index (χ4n) is 2.13. The van der Waals surface area contributed by atoms with Gasteiger partial charge in [0.15, 0.2) is 4.98 Å². The Bertz CT molecular complexity index is 621. The normalized spacial score (nSPS) is 19.4. The van der Waals surface area contributed by atoms with Crippen molar-refractivity contribution in [3.63, 3.8) is 0 Å². The Balaban J connectivity index is 2.04. The number of amides is 3. The van der Waals surface area contributed by atoms with E-state index in [2.05, 4.69) is 10.3 Å². The zero-order chi connectivity index (χ0) is 15.4. The van der Waals surface area contributed by atoms with Crippen LogP contribution in [0.5, 0.6) is 0 Å². The molecular weight excluding hydrogens is 272 g/mol. The van der Waals surface area contributed by atoms with Gasteiger partial charge in [0.1, 0.15) is 6.04 Å².